The van der Waals surface area contributed by atoms with Crippen LogP contribution in [0.1, 0.15) is 56.9 Å². The van der Waals surface area contributed by atoms with Gasteiger partial charge in [-0.25, -0.2) is 0 Å². The highest BCUT2D eigenvalue weighted by Gasteiger charge is 2.74. The summed E-state index contributed by atoms with van der Waals surface area (Å²) in [7, 11) is 0. The normalized spacial score (nSPS) is 26.9. The number of carbonyl (C=O) groups is 3. The number of esters is 1. The van der Waals surface area contributed by atoms with Crippen molar-refractivity contribution in [3.8, 4) is 0 Å². The molecule has 0 aliphatic carbocycles. The lowest BCUT2D eigenvalue weighted by molar-refractivity contribution is -0.154. The summed E-state index contributed by atoms with van der Waals surface area (Å²) < 4.78 is 5.07. The number of nitrogens with zero attached hydrogens (tertiary/aromatic N) is 2. The van der Waals surface area contributed by atoms with Crippen molar-refractivity contribution in [1.29, 1.82) is 0 Å². The van der Waals surface area contributed by atoms with E-state index < -0.39 is 22.6 Å². The molecule has 39 heavy (non-hydrogen) atoms. The van der Waals surface area contributed by atoms with E-state index >= 15 is 0 Å². The Morgan fingerprint density at radius 1 is 1.13 bits per heavy atom. The molecule has 5 atom stereocenters. The van der Waals surface area contributed by atoms with Crippen LogP contribution in [0.15, 0.2) is 55.6 Å². The highest BCUT2D eigenvalue weighted by atomic mass is 32.2. The Balaban J connectivity index is 1.59. The Morgan fingerprint density at radius 2 is 1.92 bits per heavy atom. The molecule has 0 aromatic heterocycles. The zero-order chi connectivity index (χ0) is 27.8. The number of benzene rings is 1. The lowest BCUT2D eigenvalue weighted by Crippen LogP contribution is -2.54. The zero-order valence-electron chi connectivity index (χ0n) is 22.8. The van der Waals surface area contributed by atoms with Crippen molar-refractivity contribution in [3.63, 3.8) is 0 Å². The summed E-state index contributed by atoms with van der Waals surface area (Å²) in [6.07, 6.45) is 9.79. The molecule has 1 aromatic carbocycles. The number of amides is 2. The van der Waals surface area contributed by atoms with Crippen LogP contribution in [0, 0.1) is 11.8 Å². The SMILES string of the molecule is C=CCCCCOC(=O)[C@@H]1[C@@H]2CCC3(S2)C(C(=O)N(CC=C)Cc2ccccc2)N(CCCCCO)C(=O)[C@H]13. The van der Waals surface area contributed by atoms with Gasteiger partial charge < -0.3 is 19.6 Å². The van der Waals surface area contributed by atoms with Gasteiger partial charge in [-0.3, -0.25) is 14.4 Å². The second kappa shape index (κ2) is 13.7. The molecule has 3 saturated heterocycles. The fourth-order valence-corrected chi connectivity index (χ4v) is 8.74. The molecule has 3 aliphatic rings. The fourth-order valence-electron chi connectivity index (χ4n) is 6.54. The Kier molecular flexibility index (Phi) is 10.3. The molecule has 3 aliphatic heterocycles. The third-order valence-electron chi connectivity index (χ3n) is 8.29. The lowest BCUT2D eigenvalue weighted by Gasteiger charge is -2.37. The maximum absolute atomic E-state index is 14.4. The summed E-state index contributed by atoms with van der Waals surface area (Å²) in [4.78, 5) is 45.3. The molecule has 2 bridgehead atoms. The summed E-state index contributed by atoms with van der Waals surface area (Å²) in [6, 6.07) is 9.21. The van der Waals surface area contributed by atoms with Gasteiger partial charge in [0.15, 0.2) is 0 Å². The van der Waals surface area contributed by atoms with E-state index in [0.29, 0.717) is 39.1 Å². The number of thioether (sulfide) groups is 1. The maximum Gasteiger partial charge on any atom is 0.310 e. The maximum atomic E-state index is 14.4. The number of unbranched alkanes of at least 4 members (excludes halogenated alkanes) is 4. The number of aliphatic hydroxyl groups is 1. The van der Waals surface area contributed by atoms with E-state index in [1.807, 2.05) is 36.4 Å². The highest BCUT2D eigenvalue weighted by Crippen LogP contribution is 2.66. The number of hydrogen-bond acceptors (Lipinski definition) is 6. The van der Waals surface area contributed by atoms with Gasteiger partial charge in [0, 0.05) is 31.5 Å². The van der Waals surface area contributed by atoms with Crippen molar-refractivity contribution in [3.05, 3.63) is 61.2 Å². The molecule has 3 fully saturated rings. The van der Waals surface area contributed by atoms with E-state index in [1.54, 1.807) is 27.6 Å². The number of allylic oxidation sites excluding steroid dienone is 1. The molecule has 1 N–H and O–H groups in total. The van der Waals surface area contributed by atoms with Gasteiger partial charge in [-0.2, -0.15) is 0 Å². The molecule has 4 rings (SSSR count). The number of rotatable bonds is 16. The quantitative estimate of drug-likeness (QED) is 0.186. The second-order valence-corrected chi connectivity index (χ2v) is 12.4. The fraction of sp³-hybridized carbons (Fsp3) is 0.581. The summed E-state index contributed by atoms with van der Waals surface area (Å²) in [5.41, 5.74) is 1.02. The van der Waals surface area contributed by atoms with Crippen molar-refractivity contribution in [1.82, 2.24) is 9.80 Å². The van der Waals surface area contributed by atoms with Crippen molar-refractivity contribution in [2.45, 2.75) is 74.0 Å². The van der Waals surface area contributed by atoms with Gasteiger partial charge in [0.25, 0.3) is 0 Å². The Bertz CT molecular complexity index is 1030. The molecular formula is C31H42N2O5S. The number of fused-ring (bicyclic) bond motifs is 1. The van der Waals surface area contributed by atoms with Crippen LogP contribution in [0.2, 0.25) is 0 Å². The monoisotopic (exact) mass is 554 g/mol. The van der Waals surface area contributed by atoms with Gasteiger partial charge in [0.1, 0.15) is 6.04 Å². The molecular weight excluding hydrogens is 512 g/mol. The van der Waals surface area contributed by atoms with E-state index in [-0.39, 0.29) is 29.6 Å². The number of carbonyl (C=O) groups excluding carboxylic acids is 3. The van der Waals surface area contributed by atoms with Gasteiger partial charge in [0.05, 0.1) is 23.2 Å². The molecule has 7 nitrogen and oxygen atoms in total. The van der Waals surface area contributed by atoms with Crippen LogP contribution in [-0.2, 0) is 25.7 Å². The smallest absolute Gasteiger partial charge is 0.310 e. The minimum absolute atomic E-state index is 0.00607. The predicted molar refractivity (Wildman–Crippen MR) is 154 cm³/mol. The zero-order valence-corrected chi connectivity index (χ0v) is 23.7. The Morgan fingerprint density at radius 3 is 2.64 bits per heavy atom. The average Bonchev–Trinajstić information content (AvgIpc) is 3.58. The molecule has 2 amide bonds. The van der Waals surface area contributed by atoms with Crippen LogP contribution in [0.25, 0.3) is 0 Å². The highest BCUT2D eigenvalue weighted by molar-refractivity contribution is 8.02. The van der Waals surface area contributed by atoms with Crippen LogP contribution in [0.3, 0.4) is 0 Å². The summed E-state index contributed by atoms with van der Waals surface area (Å²) in [5.74, 6) is -1.54. The average molecular weight is 555 g/mol. The van der Waals surface area contributed by atoms with Crippen molar-refractivity contribution in [2.24, 2.45) is 11.8 Å². The van der Waals surface area contributed by atoms with Crippen molar-refractivity contribution >= 4 is 29.5 Å². The number of ether oxygens (including phenoxy) is 1. The van der Waals surface area contributed by atoms with Crippen LogP contribution >= 0.6 is 11.8 Å². The van der Waals surface area contributed by atoms with Gasteiger partial charge in [-0.05, 0) is 56.9 Å². The first kappa shape index (κ1) is 29.4. The standard InChI is InChI=1S/C31H42N2O5S/c1-3-5-6-13-21-38-30(37)25-24-16-17-31(39-24)26(25)28(35)33(19-11-8-12-20-34)27(31)29(36)32(18-4-2)22-23-14-9-7-10-15-23/h3-4,7,9-10,14-15,24-27,34H,1-2,5-6,8,11-13,16-22H2/t24-,25+,26-,27?,31?/m0/s1. The minimum atomic E-state index is -0.631. The first-order valence-corrected chi connectivity index (χ1v) is 15.2. The predicted octanol–water partition coefficient (Wildman–Crippen LogP) is 4.35. The topological polar surface area (TPSA) is 87.2 Å². The molecule has 1 spiro atoms. The van der Waals surface area contributed by atoms with Gasteiger partial charge in [0.2, 0.25) is 11.8 Å². The number of aliphatic hydroxyl groups excluding tert-OH is 1. The molecule has 3 heterocycles. The Hall–Kier alpha value is -2.58. The van der Waals surface area contributed by atoms with Gasteiger partial charge >= 0.3 is 5.97 Å². The third-order valence-corrected chi connectivity index (χ3v) is 10.2. The van der Waals surface area contributed by atoms with Crippen LogP contribution in [-0.4, -0.2) is 75.0 Å². The van der Waals surface area contributed by atoms with Crippen LogP contribution in [0.4, 0.5) is 0 Å². The summed E-state index contributed by atoms with van der Waals surface area (Å²) in [6.45, 7) is 9.30. The van der Waals surface area contributed by atoms with Crippen LogP contribution in [0.5, 0.6) is 0 Å². The molecule has 212 valence electrons. The molecule has 0 radical (unpaired) electrons. The number of likely N-dealkylation sites (tertiary alicyclic amines) is 1. The molecule has 0 saturated carbocycles. The van der Waals surface area contributed by atoms with E-state index in [4.69, 9.17) is 4.74 Å². The van der Waals surface area contributed by atoms with Gasteiger partial charge in [-0.15, -0.1) is 24.9 Å². The minimum Gasteiger partial charge on any atom is -0.465 e. The summed E-state index contributed by atoms with van der Waals surface area (Å²) in [5, 5.41) is 9.24. The first-order chi connectivity index (χ1) is 19.0. The van der Waals surface area contributed by atoms with Crippen molar-refractivity contribution < 1.29 is 24.2 Å². The molecule has 8 heteroatoms. The molecule has 1 aromatic rings. The van der Waals surface area contributed by atoms with E-state index in [9.17, 15) is 19.5 Å². The largest absolute Gasteiger partial charge is 0.465 e. The first-order valence-electron chi connectivity index (χ1n) is 14.3. The van der Waals surface area contributed by atoms with Crippen LogP contribution < -0.4 is 0 Å². The van der Waals surface area contributed by atoms with E-state index in [0.717, 1.165) is 44.1 Å². The Labute approximate surface area is 236 Å². The van der Waals surface area contributed by atoms with Gasteiger partial charge in [-0.1, -0.05) is 42.5 Å². The summed E-state index contributed by atoms with van der Waals surface area (Å²) >= 11 is 1.67. The third kappa shape index (κ3) is 6.12. The van der Waals surface area contributed by atoms with E-state index in [1.165, 1.54) is 0 Å². The second-order valence-electron chi connectivity index (χ2n) is 10.8. The number of hydrogen-bond donors (Lipinski definition) is 1. The lowest BCUT2D eigenvalue weighted by atomic mass is 9.71. The van der Waals surface area contributed by atoms with E-state index in [2.05, 4.69) is 13.2 Å². The van der Waals surface area contributed by atoms with Crippen molar-refractivity contribution in [2.75, 3.05) is 26.3 Å². The molecule has 2 unspecified atom stereocenters.